The Kier molecular flexibility index (Phi) is 7.31. The van der Waals surface area contributed by atoms with Gasteiger partial charge in [-0.25, -0.2) is 0 Å². The molecular formula is C21H25NO6S2. The number of phenolic OH excluding ortho intramolecular Hbond substituents is 1. The van der Waals surface area contributed by atoms with Crippen LogP contribution in [-0.2, 0) is 19.8 Å². The van der Waals surface area contributed by atoms with Crippen molar-refractivity contribution in [3.05, 3.63) is 34.2 Å². The third kappa shape index (κ3) is 5.02. The Morgan fingerprint density at radius 3 is 2.33 bits per heavy atom. The lowest BCUT2D eigenvalue weighted by Crippen LogP contribution is -2.48. The van der Waals surface area contributed by atoms with Crippen LogP contribution in [0.3, 0.4) is 0 Å². The molecule has 7 nitrogen and oxygen atoms in total. The van der Waals surface area contributed by atoms with E-state index < -0.39 is 29.8 Å². The van der Waals surface area contributed by atoms with Crippen LogP contribution >= 0.6 is 24.0 Å². The Morgan fingerprint density at radius 2 is 1.83 bits per heavy atom. The van der Waals surface area contributed by atoms with Crippen LogP contribution < -0.4 is 0 Å². The SMILES string of the molecule is CCCC(C(C(=O)O)C(=O)O)N1C(=O)C(=Cc2ccc(O)c(C(C)(C)C)c2)SC1=S. The van der Waals surface area contributed by atoms with Crippen LogP contribution in [0, 0.1) is 5.92 Å². The van der Waals surface area contributed by atoms with Crippen LogP contribution in [0.1, 0.15) is 51.7 Å². The standard InChI is InChI=1S/C21H25NO6S2/c1-5-6-13(16(18(25)26)19(27)28)22-17(24)15(30-20(22)29)10-11-7-8-14(23)12(9-11)21(2,3)4/h7-10,13,16,23H,5-6H2,1-4H3,(H,25,26)(H,27,28). The number of aromatic hydroxyl groups is 1. The Bertz CT molecular complexity index is 905. The van der Waals surface area contributed by atoms with Crippen molar-refractivity contribution in [2.24, 2.45) is 5.92 Å². The molecule has 9 heteroatoms. The fraction of sp³-hybridized carbons (Fsp3) is 0.429. The fourth-order valence-corrected chi connectivity index (χ4v) is 4.71. The second kappa shape index (κ2) is 9.18. The maximum atomic E-state index is 13.0. The molecule has 2 rings (SSSR count). The summed E-state index contributed by atoms with van der Waals surface area (Å²) in [6.07, 6.45) is 2.30. The lowest BCUT2D eigenvalue weighted by Gasteiger charge is -2.29. The molecular weight excluding hydrogens is 426 g/mol. The number of benzene rings is 1. The molecule has 0 radical (unpaired) electrons. The van der Waals surface area contributed by atoms with Gasteiger partial charge in [-0.2, -0.15) is 0 Å². The number of hydrogen-bond donors (Lipinski definition) is 3. The summed E-state index contributed by atoms with van der Waals surface area (Å²) in [5.74, 6) is -5.14. The second-order valence-corrected chi connectivity index (χ2v) is 9.76. The van der Waals surface area contributed by atoms with Gasteiger partial charge in [0.15, 0.2) is 5.92 Å². The third-order valence-electron chi connectivity index (χ3n) is 4.78. The highest BCUT2D eigenvalue weighted by atomic mass is 32.2. The van der Waals surface area contributed by atoms with Gasteiger partial charge in [0.2, 0.25) is 0 Å². The van der Waals surface area contributed by atoms with Gasteiger partial charge in [-0.05, 0) is 41.2 Å². The molecule has 1 aromatic rings. The van der Waals surface area contributed by atoms with Gasteiger partial charge in [0.25, 0.3) is 5.91 Å². The molecule has 1 aliphatic heterocycles. The minimum atomic E-state index is -1.77. The van der Waals surface area contributed by atoms with E-state index in [1.165, 1.54) is 0 Å². The first kappa shape index (κ1) is 23.9. The van der Waals surface area contributed by atoms with E-state index in [0.717, 1.165) is 16.7 Å². The van der Waals surface area contributed by atoms with Crippen molar-refractivity contribution in [1.29, 1.82) is 0 Å². The lowest BCUT2D eigenvalue weighted by atomic mass is 9.85. The number of aliphatic carboxylic acids is 2. The van der Waals surface area contributed by atoms with Crippen molar-refractivity contribution in [3.8, 4) is 5.75 Å². The van der Waals surface area contributed by atoms with Gasteiger partial charge in [0.1, 0.15) is 10.1 Å². The predicted molar refractivity (Wildman–Crippen MR) is 119 cm³/mol. The number of nitrogens with zero attached hydrogens (tertiary/aromatic N) is 1. The number of carboxylic acids is 2. The molecule has 30 heavy (non-hydrogen) atoms. The van der Waals surface area contributed by atoms with Crippen molar-refractivity contribution in [3.63, 3.8) is 0 Å². The molecule has 0 aromatic heterocycles. The topological polar surface area (TPSA) is 115 Å². The molecule has 1 amide bonds. The zero-order valence-corrected chi connectivity index (χ0v) is 18.8. The molecule has 1 saturated heterocycles. The van der Waals surface area contributed by atoms with E-state index in [1.807, 2.05) is 20.8 Å². The maximum absolute atomic E-state index is 13.0. The van der Waals surface area contributed by atoms with E-state index in [0.29, 0.717) is 17.5 Å². The molecule has 1 fully saturated rings. The zero-order valence-electron chi connectivity index (χ0n) is 17.2. The summed E-state index contributed by atoms with van der Waals surface area (Å²) in [5.41, 5.74) is 1.08. The van der Waals surface area contributed by atoms with Crippen molar-refractivity contribution in [2.45, 2.75) is 52.0 Å². The Labute approximate surface area is 184 Å². The Balaban J connectivity index is 2.44. The highest BCUT2D eigenvalue weighted by molar-refractivity contribution is 8.26. The van der Waals surface area contributed by atoms with Gasteiger partial charge in [-0.15, -0.1) is 0 Å². The molecule has 162 valence electrons. The van der Waals surface area contributed by atoms with Gasteiger partial charge >= 0.3 is 11.9 Å². The number of phenols is 1. The van der Waals surface area contributed by atoms with Crippen molar-refractivity contribution >= 4 is 52.2 Å². The van der Waals surface area contributed by atoms with E-state index in [9.17, 15) is 29.7 Å². The number of carboxylic acid groups (broad SMARTS) is 2. The first-order valence-corrected chi connectivity index (χ1v) is 10.7. The normalized spacial score (nSPS) is 17.1. The van der Waals surface area contributed by atoms with Crippen molar-refractivity contribution in [1.82, 2.24) is 4.90 Å². The minimum Gasteiger partial charge on any atom is -0.508 e. The number of carbonyl (C=O) groups excluding carboxylic acids is 1. The molecule has 0 bridgehead atoms. The quantitative estimate of drug-likeness (QED) is 0.325. The summed E-state index contributed by atoms with van der Waals surface area (Å²) in [7, 11) is 0. The summed E-state index contributed by atoms with van der Waals surface area (Å²) < 4.78 is 0.132. The largest absolute Gasteiger partial charge is 0.508 e. The summed E-state index contributed by atoms with van der Waals surface area (Å²) in [5, 5.41) is 28.9. The average molecular weight is 452 g/mol. The van der Waals surface area contributed by atoms with E-state index >= 15 is 0 Å². The zero-order chi connectivity index (χ0) is 22.8. The van der Waals surface area contributed by atoms with Gasteiger partial charge in [-0.3, -0.25) is 19.3 Å². The molecule has 0 spiro atoms. The molecule has 0 aliphatic carbocycles. The Hall–Kier alpha value is -2.39. The van der Waals surface area contributed by atoms with E-state index in [1.54, 1.807) is 31.2 Å². The van der Waals surface area contributed by atoms with Crippen LogP contribution in [-0.4, -0.2) is 48.4 Å². The molecule has 1 atom stereocenters. The maximum Gasteiger partial charge on any atom is 0.320 e. The van der Waals surface area contributed by atoms with E-state index in [2.05, 4.69) is 0 Å². The van der Waals surface area contributed by atoms with Crippen LogP contribution in [0.25, 0.3) is 6.08 Å². The smallest absolute Gasteiger partial charge is 0.320 e. The number of hydrogen-bond acceptors (Lipinski definition) is 6. The molecule has 3 N–H and O–H groups in total. The van der Waals surface area contributed by atoms with E-state index in [4.69, 9.17) is 12.2 Å². The number of rotatable bonds is 7. The van der Waals surface area contributed by atoms with E-state index in [-0.39, 0.29) is 26.8 Å². The highest BCUT2D eigenvalue weighted by Gasteiger charge is 2.45. The fourth-order valence-electron chi connectivity index (χ4n) is 3.34. The first-order chi connectivity index (χ1) is 13.9. The first-order valence-electron chi connectivity index (χ1n) is 9.44. The average Bonchev–Trinajstić information content (AvgIpc) is 2.88. The van der Waals surface area contributed by atoms with Gasteiger partial charge < -0.3 is 15.3 Å². The molecule has 1 aliphatic rings. The van der Waals surface area contributed by atoms with Crippen molar-refractivity contribution < 1.29 is 29.7 Å². The van der Waals surface area contributed by atoms with Gasteiger partial charge in [0.05, 0.1) is 10.9 Å². The predicted octanol–water partition coefficient (Wildman–Crippen LogP) is 3.85. The monoisotopic (exact) mass is 451 g/mol. The number of thiocarbonyl (C=S) groups is 1. The van der Waals surface area contributed by atoms with Crippen LogP contribution in [0.5, 0.6) is 5.75 Å². The minimum absolute atomic E-state index is 0.132. The molecule has 1 aromatic carbocycles. The third-order valence-corrected chi connectivity index (χ3v) is 6.11. The molecule has 1 heterocycles. The molecule has 1 unspecified atom stereocenters. The van der Waals surface area contributed by atoms with Crippen LogP contribution in [0.15, 0.2) is 23.1 Å². The second-order valence-electron chi connectivity index (χ2n) is 8.09. The van der Waals surface area contributed by atoms with Gasteiger partial charge in [0, 0.05) is 0 Å². The van der Waals surface area contributed by atoms with Gasteiger partial charge in [-0.1, -0.05) is 64.2 Å². The summed E-state index contributed by atoms with van der Waals surface area (Å²) in [4.78, 5) is 37.6. The number of amides is 1. The van der Waals surface area contributed by atoms with Crippen LogP contribution in [0.4, 0.5) is 0 Å². The molecule has 0 saturated carbocycles. The summed E-state index contributed by atoms with van der Waals surface area (Å²) >= 11 is 6.31. The van der Waals surface area contributed by atoms with Crippen molar-refractivity contribution in [2.75, 3.05) is 0 Å². The summed E-state index contributed by atoms with van der Waals surface area (Å²) in [6.45, 7) is 7.65. The summed E-state index contributed by atoms with van der Waals surface area (Å²) in [6, 6.07) is 3.92. The van der Waals surface area contributed by atoms with Crippen LogP contribution in [0.2, 0.25) is 0 Å². The number of carbonyl (C=O) groups is 3. The Morgan fingerprint density at radius 1 is 1.23 bits per heavy atom. The lowest BCUT2D eigenvalue weighted by molar-refractivity contribution is -0.157. The highest BCUT2D eigenvalue weighted by Crippen LogP contribution is 2.38. The number of thioether (sulfide) groups is 1.